The van der Waals surface area contributed by atoms with Gasteiger partial charge in [0.05, 0.1) is 0 Å². The van der Waals surface area contributed by atoms with Crippen molar-refractivity contribution in [2.75, 3.05) is 31.7 Å². The van der Waals surface area contributed by atoms with E-state index in [1.54, 1.807) is 0 Å². The van der Waals surface area contributed by atoms with Crippen molar-refractivity contribution in [3.05, 3.63) is 0 Å². The van der Waals surface area contributed by atoms with Gasteiger partial charge in [0.15, 0.2) is 0 Å². The smallest absolute Gasteiger partial charge is 0.0434 e. The Bertz CT molecular complexity index is 79.9. The lowest BCUT2D eigenvalue weighted by Gasteiger charge is -2.16. The van der Waals surface area contributed by atoms with E-state index in [9.17, 15) is 0 Å². The van der Waals surface area contributed by atoms with E-state index in [-0.39, 0.29) is 7.92 Å². The first kappa shape index (κ1) is 13.4. The molecule has 0 saturated carbocycles. The molecule has 3 heteroatoms. The van der Waals surface area contributed by atoms with E-state index in [4.69, 9.17) is 10.2 Å². The van der Waals surface area contributed by atoms with Crippen molar-refractivity contribution in [3.63, 3.8) is 0 Å². The van der Waals surface area contributed by atoms with Gasteiger partial charge >= 0.3 is 0 Å². The predicted octanol–water partition coefficient (Wildman–Crippen LogP) is 2.03. The largest absolute Gasteiger partial charge is 0.396 e. The monoisotopic (exact) mass is 206 g/mol. The predicted molar refractivity (Wildman–Crippen MR) is 59.8 cm³/mol. The summed E-state index contributed by atoms with van der Waals surface area (Å²) >= 11 is 0. The molecule has 0 fully saturated rings. The van der Waals surface area contributed by atoms with Crippen molar-refractivity contribution in [2.24, 2.45) is 0 Å². The van der Waals surface area contributed by atoms with E-state index in [2.05, 4.69) is 6.92 Å². The molecule has 2 N–H and O–H groups in total. The fraction of sp³-hybridized carbons (Fsp3) is 1.00. The Morgan fingerprint density at radius 2 is 1.31 bits per heavy atom. The molecule has 0 saturated heterocycles. The van der Waals surface area contributed by atoms with Crippen LogP contribution in [-0.2, 0) is 0 Å². The molecule has 0 unspecified atom stereocenters. The molecular formula is C10H23O2P. The molecule has 0 heterocycles. The van der Waals surface area contributed by atoms with Crippen LogP contribution in [0.2, 0.25) is 0 Å². The van der Waals surface area contributed by atoms with Crippen LogP contribution in [0.5, 0.6) is 0 Å². The summed E-state index contributed by atoms with van der Waals surface area (Å²) in [5.41, 5.74) is 0. The minimum Gasteiger partial charge on any atom is -0.396 e. The lowest BCUT2D eigenvalue weighted by Crippen LogP contribution is -1.99. The molecule has 0 atom stereocenters. The molecule has 0 amide bonds. The van der Waals surface area contributed by atoms with E-state index in [1.165, 1.54) is 31.3 Å². The molecule has 80 valence electrons. The van der Waals surface area contributed by atoms with Crippen LogP contribution in [0.25, 0.3) is 0 Å². The van der Waals surface area contributed by atoms with E-state index >= 15 is 0 Å². The van der Waals surface area contributed by atoms with Gasteiger partial charge in [-0.3, -0.25) is 0 Å². The van der Waals surface area contributed by atoms with Crippen LogP contribution in [0.3, 0.4) is 0 Å². The highest BCUT2D eigenvalue weighted by Gasteiger charge is 2.05. The van der Waals surface area contributed by atoms with Crippen LogP contribution in [0.1, 0.15) is 32.6 Å². The first-order chi connectivity index (χ1) is 6.35. The highest BCUT2D eigenvalue weighted by molar-refractivity contribution is 7.57. The lowest BCUT2D eigenvalue weighted by atomic mass is 10.4. The summed E-state index contributed by atoms with van der Waals surface area (Å²) < 4.78 is 0. The van der Waals surface area contributed by atoms with E-state index in [0.29, 0.717) is 13.2 Å². The highest BCUT2D eigenvalue weighted by Crippen LogP contribution is 2.37. The van der Waals surface area contributed by atoms with Crippen LogP contribution in [-0.4, -0.2) is 41.9 Å². The first-order valence-corrected chi connectivity index (χ1v) is 7.19. The molecule has 2 nitrogen and oxygen atoms in total. The molecule has 0 rings (SSSR count). The summed E-state index contributed by atoms with van der Waals surface area (Å²) in [6.07, 6.45) is 8.16. The maximum absolute atomic E-state index is 8.73. The van der Waals surface area contributed by atoms with Crippen LogP contribution in [0, 0.1) is 0 Å². The van der Waals surface area contributed by atoms with Crippen molar-refractivity contribution in [3.8, 4) is 0 Å². The van der Waals surface area contributed by atoms with Crippen molar-refractivity contribution in [2.45, 2.75) is 32.6 Å². The Kier molecular flexibility index (Phi) is 10.7. The molecular weight excluding hydrogens is 183 g/mol. The lowest BCUT2D eigenvalue weighted by molar-refractivity contribution is 0.294. The Hall–Kier alpha value is 0.350. The molecule has 13 heavy (non-hydrogen) atoms. The Morgan fingerprint density at radius 1 is 0.846 bits per heavy atom. The standard InChI is InChI=1S/C10H23O2P/c1-2-3-8-13(9-4-6-11)10-5-7-12/h11-12H,2-10H2,1H3. The quantitative estimate of drug-likeness (QED) is 0.567. The zero-order valence-electron chi connectivity index (χ0n) is 8.71. The summed E-state index contributed by atoms with van der Waals surface area (Å²) in [7, 11) is 0.102. The van der Waals surface area contributed by atoms with Gasteiger partial charge in [-0.15, -0.1) is 7.92 Å². The zero-order valence-corrected chi connectivity index (χ0v) is 9.60. The van der Waals surface area contributed by atoms with Gasteiger partial charge in [0.1, 0.15) is 0 Å². The topological polar surface area (TPSA) is 40.5 Å². The zero-order chi connectivity index (χ0) is 9.94. The van der Waals surface area contributed by atoms with Crippen LogP contribution >= 0.6 is 7.92 Å². The molecule has 0 aromatic carbocycles. The summed E-state index contributed by atoms with van der Waals surface area (Å²) in [4.78, 5) is 0. The van der Waals surface area contributed by atoms with Gasteiger partial charge in [-0.05, 0) is 37.7 Å². The summed E-state index contributed by atoms with van der Waals surface area (Å²) in [6, 6.07) is 0. The number of hydrogen-bond donors (Lipinski definition) is 2. The minimum absolute atomic E-state index is 0.102. The van der Waals surface area contributed by atoms with Gasteiger partial charge < -0.3 is 10.2 Å². The second kappa shape index (κ2) is 10.4. The van der Waals surface area contributed by atoms with Gasteiger partial charge in [-0.1, -0.05) is 13.3 Å². The maximum atomic E-state index is 8.73. The third-order valence-corrected chi connectivity index (χ3v) is 4.94. The number of unbranched alkanes of at least 4 members (excludes halogenated alkanes) is 1. The minimum atomic E-state index is 0.102. The van der Waals surface area contributed by atoms with E-state index < -0.39 is 0 Å². The normalized spacial score (nSPS) is 11.1. The van der Waals surface area contributed by atoms with Gasteiger partial charge in [-0.2, -0.15) is 0 Å². The molecule has 0 radical (unpaired) electrons. The van der Waals surface area contributed by atoms with Gasteiger partial charge in [0.2, 0.25) is 0 Å². The highest BCUT2D eigenvalue weighted by atomic mass is 31.1. The summed E-state index contributed by atoms with van der Waals surface area (Å²) in [5, 5.41) is 17.5. The van der Waals surface area contributed by atoms with E-state index in [1.807, 2.05) is 0 Å². The molecule has 0 aliphatic heterocycles. The van der Waals surface area contributed by atoms with Gasteiger partial charge in [0, 0.05) is 13.2 Å². The van der Waals surface area contributed by atoms with Gasteiger partial charge in [0.25, 0.3) is 0 Å². The van der Waals surface area contributed by atoms with Crippen molar-refractivity contribution in [1.82, 2.24) is 0 Å². The van der Waals surface area contributed by atoms with Crippen molar-refractivity contribution >= 4 is 7.92 Å². The third kappa shape index (κ3) is 8.67. The molecule has 0 spiro atoms. The average Bonchev–Trinajstić information content (AvgIpc) is 2.17. The van der Waals surface area contributed by atoms with E-state index in [0.717, 1.165) is 12.8 Å². The molecule has 0 aliphatic carbocycles. The first-order valence-electron chi connectivity index (χ1n) is 5.29. The Labute approximate surface area is 83.1 Å². The summed E-state index contributed by atoms with van der Waals surface area (Å²) in [6.45, 7) is 2.86. The molecule has 0 bridgehead atoms. The number of aliphatic hydroxyl groups excluding tert-OH is 2. The second-order valence-electron chi connectivity index (χ2n) is 3.35. The van der Waals surface area contributed by atoms with Gasteiger partial charge in [-0.25, -0.2) is 0 Å². The number of rotatable bonds is 9. The van der Waals surface area contributed by atoms with Crippen LogP contribution < -0.4 is 0 Å². The van der Waals surface area contributed by atoms with Crippen molar-refractivity contribution < 1.29 is 10.2 Å². The molecule has 0 aromatic rings. The van der Waals surface area contributed by atoms with Crippen LogP contribution in [0.4, 0.5) is 0 Å². The van der Waals surface area contributed by atoms with Crippen LogP contribution in [0.15, 0.2) is 0 Å². The molecule has 0 aromatic heterocycles. The Balaban J connectivity index is 3.47. The number of hydrogen-bond acceptors (Lipinski definition) is 2. The SMILES string of the molecule is CCCCP(CCCO)CCCO. The second-order valence-corrected chi connectivity index (χ2v) is 6.03. The average molecular weight is 206 g/mol. The third-order valence-electron chi connectivity index (χ3n) is 2.09. The molecule has 0 aliphatic rings. The Morgan fingerprint density at radius 3 is 1.69 bits per heavy atom. The summed E-state index contributed by atoms with van der Waals surface area (Å²) in [5.74, 6) is 0. The fourth-order valence-electron chi connectivity index (χ4n) is 1.31. The maximum Gasteiger partial charge on any atom is 0.0434 e. The van der Waals surface area contributed by atoms with Crippen molar-refractivity contribution in [1.29, 1.82) is 0 Å². The fourth-order valence-corrected chi connectivity index (χ4v) is 3.92. The number of aliphatic hydroxyl groups is 2.